The van der Waals surface area contributed by atoms with Crippen LogP contribution in [0.25, 0.3) is 0 Å². The number of benzene rings is 1. The summed E-state index contributed by atoms with van der Waals surface area (Å²) in [6, 6.07) is 4.10. The smallest absolute Gasteiger partial charge is 0.326 e. The Balaban J connectivity index is 2.82. The van der Waals surface area contributed by atoms with Gasteiger partial charge in [0.1, 0.15) is 6.04 Å². The second-order valence-corrected chi connectivity index (χ2v) is 4.82. The van der Waals surface area contributed by atoms with Crippen LogP contribution in [-0.4, -0.2) is 35.1 Å². The Morgan fingerprint density at radius 1 is 1.44 bits per heavy atom. The first-order valence-corrected chi connectivity index (χ1v) is 6.15. The maximum atomic E-state index is 11.9. The van der Waals surface area contributed by atoms with Crippen molar-refractivity contribution in [2.45, 2.75) is 19.9 Å². The Bertz CT molecular complexity index is 476. The Labute approximate surface area is 114 Å². The molecule has 1 atom stereocenters. The lowest BCUT2D eigenvalue weighted by Crippen LogP contribution is -2.42. The number of carbonyl (C=O) groups is 2. The highest BCUT2D eigenvalue weighted by Crippen LogP contribution is 2.23. The van der Waals surface area contributed by atoms with E-state index in [1.54, 1.807) is 12.1 Å². The zero-order valence-electron chi connectivity index (χ0n) is 10.4. The molecule has 0 aromatic heterocycles. The second-order valence-electron chi connectivity index (χ2n) is 3.97. The molecule has 0 bridgehead atoms. The van der Waals surface area contributed by atoms with Gasteiger partial charge in [-0.05, 0) is 31.5 Å². The molecule has 98 valence electrons. The van der Waals surface area contributed by atoms with Crippen molar-refractivity contribution in [2.75, 3.05) is 12.4 Å². The average molecular weight is 315 g/mol. The number of carbonyl (C=O) groups excluding carboxylic acids is 1. The fourth-order valence-electron chi connectivity index (χ4n) is 1.29. The molecule has 0 aliphatic rings. The molecule has 2 N–H and O–H groups in total. The Morgan fingerprint density at radius 2 is 2.06 bits per heavy atom. The van der Waals surface area contributed by atoms with E-state index < -0.39 is 18.0 Å². The molecule has 1 rings (SSSR count). The van der Waals surface area contributed by atoms with E-state index >= 15 is 0 Å². The van der Waals surface area contributed by atoms with Crippen LogP contribution in [0, 0.1) is 6.92 Å². The summed E-state index contributed by atoms with van der Waals surface area (Å²) in [5.74, 6) is -1.04. The zero-order chi connectivity index (χ0) is 13.9. The van der Waals surface area contributed by atoms with Crippen LogP contribution in [0.5, 0.6) is 0 Å². The van der Waals surface area contributed by atoms with Gasteiger partial charge in [0.15, 0.2) is 0 Å². The number of hydrogen-bond donors (Lipinski definition) is 2. The summed E-state index contributed by atoms with van der Waals surface area (Å²) in [5.41, 5.74) is 1.54. The van der Waals surface area contributed by atoms with Crippen LogP contribution in [-0.2, 0) is 4.79 Å². The van der Waals surface area contributed by atoms with Crippen LogP contribution in [0.2, 0.25) is 0 Å². The summed E-state index contributed by atoms with van der Waals surface area (Å²) in [4.78, 5) is 23.8. The van der Waals surface area contributed by atoms with Gasteiger partial charge < -0.3 is 15.3 Å². The van der Waals surface area contributed by atoms with Gasteiger partial charge in [-0.15, -0.1) is 0 Å². The van der Waals surface area contributed by atoms with Gasteiger partial charge in [-0.3, -0.25) is 0 Å². The van der Waals surface area contributed by atoms with Crippen LogP contribution < -0.4 is 5.32 Å². The minimum absolute atomic E-state index is 0.453. The number of anilines is 1. The molecule has 0 radical (unpaired) electrons. The fraction of sp³-hybridized carbons (Fsp3) is 0.333. The third-order valence-electron chi connectivity index (χ3n) is 2.77. The summed E-state index contributed by atoms with van der Waals surface area (Å²) in [7, 11) is 1.45. The van der Waals surface area contributed by atoms with E-state index in [2.05, 4.69) is 21.2 Å². The highest BCUT2D eigenvalue weighted by molar-refractivity contribution is 9.10. The molecule has 0 spiro atoms. The van der Waals surface area contributed by atoms with Crippen molar-refractivity contribution >= 4 is 33.6 Å². The topological polar surface area (TPSA) is 69.6 Å². The molecule has 2 amide bonds. The lowest BCUT2D eigenvalue weighted by atomic mass is 10.2. The SMILES string of the molecule is Cc1c(Br)cccc1NC(=O)N(C)C(C)C(=O)O. The van der Waals surface area contributed by atoms with Crippen molar-refractivity contribution in [3.63, 3.8) is 0 Å². The van der Waals surface area contributed by atoms with Crippen molar-refractivity contribution < 1.29 is 14.7 Å². The van der Waals surface area contributed by atoms with Crippen molar-refractivity contribution in [2.24, 2.45) is 0 Å². The third kappa shape index (κ3) is 3.22. The Hall–Kier alpha value is -1.56. The van der Waals surface area contributed by atoms with Crippen molar-refractivity contribution in [3.05, 3.63) is 28.2 Å². The number of nitrogens with one attached hydrogen (secondary N) is 1. The number of nitrogens with zero attached hydrogens (tertiary/aromatic N) is 1. The predicted octanol–water partition coefficient (Wildman–Crippen LogP) is 2.69. The number of amides is 2. The molecule has 0 aliphatic heterocycles. The minimum atomic E-state index is -1.04. The molecular formula is C12H15BrN2O3. The molecule has 0 heterocycles. The van der Waals surface area contributed by atoms with Crippen molar-refractivity contribution in [1.29, 1.82) is 0 Å². The van der Waals surface area contributed by atoms with Crippen molar-refractivity contribution in [3.8, 4) is 0 Å². The van der Waals surface area contributed by atoms with Gasteiger partial charge >= 0.3 is 12.0 Å². The largest absolute Gasteiger partial charge is 0.480 e. The van der Waals surface area contributed by atoms with Gasteiger partial charge in [0.05, 0.1) is 0 Å². The predicted molar refractivity (Wildman–Crippen MR) is 72.8 cm³/mol. The summed E-state index contributed by atoms with van der Waals surface area (Å²) in [5, 5.41) is 11.5. The maximum Gasteiger partial charge on any atom is 0.326 e. The molecule has 0 saturated heterocycles. The zero-order valence-corrected chi connectivity index (χ0v) is 12.0. The first-order chi connectivity index (χ1) is 8.34. The number of aliphatic carboxylic acids is 1. The molecule has 5 nitrogen and oxygen atoms in total. The summed E-state index contributed by atoms with van der Waals surface area (Å²) in [6.07, 6.45) is 0. The van der Waals surface area contributed by atoms with Gasteiger partial charge in [0.25, 0.3) is 0 Å². The van der Waals surface area contributed by atoms with Crippen LogP contribution >= 0.6 is 15.9 Å². The summed E-state index contributed by atoms with van der Waals surface area (Å²) in [6.45, 7) is 3.32. The Morgan fingerprint density at radius 3 is 2.61 bits per heavy atom. The maximum absolute atomic E-state index is 11.9. The number of likely N-dealkylation sites (N-methyl/N-ethyl adjacent to an activating group) is 1. The molecule has 1 aromatic carbocycles. The number of rotatable bonds is 3. The van der Waals surface area contributed by atoms with E-state index in [9.17, 15) is 9.59 Å². The first-order valence-electron chi connectivity index (χ1n) is 5.36. The van der Waals surface area contributed by atoms with E-state index in [0.717, 1.165) is 14.9 Å². The van der Waals surface area contributed by atoms with Crippen LogP contribution in [0.1, 0.15) is 12.5 Å². The van der Waals surface area contributed by atoms with Gasteiger partial charge in [0.2, 0.25) is 0 Å². The molecular weight excluding hydrogens is 300 g/mol. The van der Waals surface area contributed by atoms with Gasteiger partial charge in [-0.25, -0.2) is 9.59 Å². The molecule has 0 fully saturated rings. The van der Waals surface area contributed by atoms with Crippen LogP contribution in [0.3, 0.4) is 0 Å². The molecule has 1 aromatic rings. The second kappa shape index (κ2) is 5.86. The summed E-state index contributed by atoms with van der Waals surface area (Å²) >= 11 is 3.37. The first kappa shape index (κ1) is 14.5. The van der Waals surface area contributed by atoms with E-state index in [0.29, 0.717) is 5.69 Å². The van der Waals surface area contributed by atoms with Crippen LogP contribution in [0.4, 0.5) is 10.5 Å². The third-order valence-corrected chi connectivity index (χ3v) is 3.63. The van der Waals surface area contributed by atoms with E-state index in [-0.39, 0.29) is 0 Å². The minimum Gasteiger partial charge on any atom is -0.480 e. The van der Waals surface area contributed by atoms with E-state index in [4.69, 9.17) is 5.11 Å². The van der Waals surface area contributed by atoms with Gasteiger partial charge in [-0.1, -0.05) is 22.0 Å². The van der Waals surface area contributed by atoms with Gasteiger partial charge in [-0.2, -0.15) is 0 Å². The number of urea groups is 1. The van der Waals surface area contributed by atoms with E-state index in [1.165, 1.54) is 14.0 Å². The monoisotopic (exact) mass is 314 g/mol. The highest BCUT2D eigenvalue weighted by atomic mass is 79.9. The van der Waals surface area contributed by atoms with Gasteiger partial charge in [0, 0.05) is 17.2 Å². The molecule has 0 aliphatic carbocycles. The standard InChI is InChI=1S/C12H15BrN2O3/c1-7-9(13)5-4-6-10(7)14-12(18)15(3)8(2)11(16)17/h4-6,8H,1-3H3,(H,14,18)(H,16,17). The number of halogens is 1. The Kier molecular flexibility index (Phi) is 4.72. The molecule has 0 saturated carbocycles. The van der Waals surface area contributed by atoms with E-state index in [1.807, 2.05) is 13.0 Å². The molecule has 1 unspecified atom stereocenters. The van der Waals surface area contributed by atoms with Crippen molar-refractivity contribution in [1.82, 2.24) is 4.90 Å². The summed E-state index contributed by atoms with van der Waals surface area (Å²) < 4.78 is 0.884. The lowest BCUT2D eigenvalue weighted by molar-refractivity contribution is -0.141. The fourth-order valence-corrected chi connectivity index (χ4v) is 1.65. The average Bonchev–Trinajstić information content (AvgIpc) is 2.32. The number of carboxylic acid groups (broad SMARTS) is 1. The number of carboxylic acids is 1. The highest BCUT2D eigenvalue weighted by Gasteiger charge is 2.21. The quantitative estimate of drug-likeness (QED) is 0.901. The molecule has 18 heavy (non-hydrogen) atoms. The van der Waals surface area contributed by atoms with Crippen LogP contribution in [0.15, 0.2) is 22.7 Å². The number of hydrogen-bond acceptors (Lipinski definition) is 2. The normalized spacial score (nSPS) is 11.8. The lowest BCUT2D eigenvalue weighted by Gasteiger charge is -2.22. The molecule has 6 heteroatoms.